The Labute approximate surface area is 157 Å². The molecule has 132 valence electrons. The van der Waals surface area contributed by atoms with Gasteiger partial charge in [-0.3, -0.25) is 0 Å². The molecule has 4 rings (SSSR count). The van der Waals surface area contributed by atoms with E-state index in [-0.39, 0.29) is 6.79 Å². The molecule has 0 aliphatic carbocycles. The van der Waals surface area contributed by atoms with Crippen molar-refractivity contribution in [3.05, 3.63) is 82.9 Å². The van der Waals surface area contributed by atoms with Crippen LogP contribution in [0.15, 0.2) is 66.7 Å². The van der Waals surface area contributed by atoms with Gasteiger partial charge in [-0.25, -0.2) is 0 Å². The van der Waals surface area contributed by atoms with Crippen LogP contribution in [0.3, 0.4) is 0 Å². The van der Waals surface area contributed by atoms with Gasteiger partial charge in [-0.1, -0.05) is 48.0 Å². The minimum absolute atomic E-state index is 0.277. The first-order chi connectivity index (χ1) is 12.8. The van der Waals surface area contributed by atoms with E-state index < -0.39 is 0 Å². The molecule has 4 nitrogen and oxygen atoms in total. The zero-order valence-electron chi connectivity index (χ0n) is 14.1. The average Bonchev–Trinajstić information content (AvgIpc) is 3.14. The topological polar surface area (TPSA) is 39.7 Å². The predicted octanol–water partition coefficient (Wildman–Crippen LogP) is 5.26. The number of ether oxygens (including phenoxy) is 3. The summed E-state index contributed by atoms with van der Waals surface area (Å²) in [5.74, 6) is 2.22. The molecule has 1 aliphatic rings. The largest absolute Gasteiger partial charge is 0.487 e. The Morgan fingerprint density at radius 3 is 2.58 bits per heavy atom. The van der Waals surface area contributed by atoms with E-state index in [0.29, 0.717) is 23.9 Å². The van der Waals surface area contributed by atoms with Crippen LogP contribution in [0.2, 0.25) is 5.02 Å². The third kappa shape index (κ3) is 3.86. The Balaban J connectivity index is 1.36. The lowest BCUT2D eigenvalue weighted by Crippen LogP contribution is -2.00. The molecule has 3 aromatic carbocycles. The Hall–Kier alpha value is -2.85. The highest BCUT2D eigenvalue weighted by atomic mass is 35.5. The maximum absolute atomic E-state index is 6.36. The van der Waals surface area contributed by atoms with E-state index in [0.717, 1.165) is 28.3 Å². The van der Waals surface area contributed by atoms with Gasteiger partial charge in [-0.15, -0.1) is 0 Å². The molecule has 5 heteroatoms. The second kappa shape index (κ2) is 7.58. The van der Waals surface area contributed by atoms with Crippen molar-refractivity contribution in [2.75, 3.05) is 12.1 Å². The first-order valence-corrected chi connectivity index (χ1v) is 8.74. The molecule has 26 heavy (non-hydrogen) atoms. The summed E-state index contributed by atoms with van der Waals surface area (Å²) in [7, 11) is 0. The molecule has 3 aromatic rings. The molecule has 0 atom stereocenters. The average molecular weight is 368 g/mol. The quantitative estimate of drug-likeness (QED) is 0.645. The van der Waals surface area contributed by atoms with Crippen molar-refractivity contribution < 1.29 is 14.2 Å². The maximum Gasteiger partial charge on any atom is 0.231 e. The fourth-order valence-corrected chi connectivity index (χ4v) is 2.97. The van der Waals surface area contributed by atoms with Crippen LogP contribution in [0, 0.1) is 0 Å². The minimum atomic E-state index is 0.277. The Bertz CT molecular complexity index is 899. The number of hydrogen-bond donors (Lipinski definition) is 1. The van der Waals surface area contributed by atoms with Crippen molar-refractivity contribution in [3.8, 4) is 17.2 Å². The molecule has 1 N–H and O–H groups in total. The molecular weight excluding hydrogens is 350 g/mol. The molecule has 1 heterocycles. The van der Waals surface area contributed by atoms with Crippen LogP contribution < -0.4 is 19.5 Å². The molecule has 0 bridgehead atoms. The summed E-state index contributed by atoms with van der Waals surface area (Å²) in [4.78, 5) is 0. The van der Waals surface area contributed by atoms with Crippen molar-refractivity contribution in [1.29, 1.82) is 0 Å². The molecule has 0 unspecified atom stereocenters. The number of halogens is 1. The maximum atomic E-state index is 6.36. The zero-order chi connectivity index (χ0) is 17.8. The summed E-state index contributed by atoms with van der Waals surface area (Å²) < 4.78 is 16.5. The minimum Gasteiger partial charge on any atom is -0.487 e. The molecular formula is C21H18ClNO3. The van der Waals surface area contributed by atoms with Crippen molar-refractivity contribution in [1.82, 2.24) is 0 Å². The van der Waals surface area contributed by atoms with Crippen LogP contribution in [0.4, 0.5) is 5.69 Å². The monoisotopic (exact) mass is 367 g/mol. The van der Waals surface area contributed by atoms with E-state index in [1.165, 1.54) is 0 Å². The number of nitrogens with one attached hydrogen (secondary N) is 1. The lowest BCUT2D eigenvalue weighted by Gasteiger charge is -2.11. The molecule has 0 radical (unpaired) electrons. The van der Waals surface area contributed by atoms with Gasteiger partial charge in [0.1, 0.15) is 12.4 Å². The highest BCUT2D eigenvalue weighted by molar-refractivity contribution is 6.32. The zero-order valence-corrected chi connectivity index (χ0v) is 14.8. The lowest BCUT2D eigenvalue weighted by atomic mass is 10.2. The second-order valence-electron chi connectivity index (χ2n) is 5.96. The van der Waals surface area contributed by atoms with Crippen LogP contribution in [-0.2, 0) is 13.2 Å². The molecule has 0 aromatic heterocycles. The molecule has 0 amide bonds. The molecule has 0 saturated heterocycles. The lowest BCUT2D eigenvalue weighted by molar-refractivity contribution is 0.174. The SMILES string of the molecule is Clc1cc(CNc2ccc3c(c2)OCO3)ccc1OCc1ccccc1. The first kappa shape index (κ1) is 16.6. The molecule has 1 aliphatic heterocycles. The molecule has 0 fully saturated rings. The summed E-state index contributed by atoms with van der Waals surface area (Å²) in [6, 6.07) is 21.6. The molecule has 0 saturated carbocycles. The smallest absolute Gasteiger partial charge is 0.231 e. The van der Waals surface area contributed by atoms with E-state index in [1.807, 2.05) is 66.7 Å². The number of rotatable bonds is 6. The van der Waals surface area contributed by atoms with E-state index in [4.69, 9.17) is 25.8 Å². The van der Waals surface area contributed by atoms with Crippen molar-refractivity contribution in [3.63, 3.8) is 0 Å². The van der Waals surface area contributed by atoms with Crippen LogP contribution in [0.1, 0.15) is 11.1 Å². The van der Waals surface area contributed by atoms with Gasteiger partial charge in [0.25, 0.3) is 0 Å². The number of hydrogen-bond acceptors (Lipinski definition) is 4. The molecule has 0 spiro atoms. The van der Waals surface area contributed by atoms with E-state index in [1.54, 1.807) is 0 Å². The van der Waals surface area contributed by atoms with Crippen LogP contribution >= 0.6 is 11.6 Å². The highest BCUT2D eigenvalue weighted by Crippen LogP contribution is 2.34. The van der Waals surface area contributed by atoms with Gasteiger partial charge in [0, 0.05) is 18.3 Å². The van der Waals surface area contributed by atoms with Crippen molar-refractivity contribution in [2.24, 2.45) is 0 Å². The fraction of sp³-hybridized carbons (Fsp3) is 0.143. The van der Waals surface area contributed by atoms with E-state index in [9.17, 15) is 0 Å². The second-order valence-corrected chi connectivity index (χ2v) is 6.37. The summed E-state index contributed by atoms with van der Waals surface area (Å²) in [5, 5.41) is 3.96. The summed E-state index contributed by atoms with van der Waals surface area (Å²) in [6.07, 6.45) is 0. The predicted molar refractivity (Wildman–Crippen MR) is 102 cm³/mol. The van der Waals surface area contributed by atoms with Gasteiger partial charge < -0.3 is 19.5 Å². The number of benzene rings is 3. The summed E-state index contributed by atoms with van der Waals surface area (Å²) >= 11 is 6.36. The highest BCUT2D eigenvalue weighted by Gasteiger charge is 2.13. The Morgan fingerprint density at radius 2 is 1.73 bits per heavy atom. The van der Waals surface area contributed by atoms with Gasteiger partial charge >= 0.3 is 0 Å². The Morgan fingerprint density at radius 1 is 0.885 bits per heavy atom. The van der Waals surface area contributed by atoms with Crippen molar-refractivity contribution in [2.45, 2.75) is 13.2 Å². The van der Waals surface area contributed by atoms with Gasteiger partial charge in [0.2, 0.25) is 6.79 Å². The third-order valence-corrected chi connectivity index (χ3v) is 4.40. The number of anilines is 1. The number of fused-ring (bicyclic) bond motifs is 1. The van der Waals surface area contributed by atoms with Gasteiger partial charge in [0.05, 0.1) is 5.02 Å². The third-order valence-electron chi connectivity index (χ3n) is 4.10. The summed E-state index contributed by atoms with van der Waals surface area (Å²) in [6.45, 7) is 1.42. The normalized spacial score (nSPS) is 12.0. The van der Waals surface area contributed by atoms with Gasteiger partial charge in [0.15, 0.2) is 11.5 Å². The van der Waals surface area contributed by atoms with Crippen LogP contribution in [0.5, 0.6) is 17.2 Å². The van der Waals surface area contributed by atoms with Crippen LogP contribution in [-0.4, -0.2) is 6.79 Å². The van der Waals surface area contributed by atoms with Crippen LogP contribution in [0.25, 0.3) is 0 Å². The first-order valence-electron chi connectivity index (χ1n) is 8.36. The van der Waals surface area contributed by atoms with Gasteiger partial charge in [-0.05, 0) is 35.4 Å². The summed E-state index contributed by atoms with van der Waals surface area (Å²) in [5.41, 5.74) is 3.15. The van der Waals surface area contributed by atoms with E-state index >= 15 is 0 Å². The van der Waals surface area contributed by atoms with E-state index in [2.05, 4.69) is 5.32 Å². The Kier molecular flexibility index (Phi) is 4.84. The fourth-order valence-electron chi connectivity index (χ4n) is 2.72. The van der Waals surface area contributed by atoms with Gasteiger partial charge in [-0.2, -0.15) is 0 Å². The standard InChI is InChI=1S/C21H18ClNO3/c22-18-10-16(6-8-19(18)24-13-15-4-2-1-3-5-15)12-23-17-7-9-20-21(11-17)26-14-25-20/h1-11,23H,12-14H2. The van der Waals surface area contributed by atoms with Crippen molar-refractivity contribution >= 4 is 17.3 Å².